The van der Waals surface area contributed by atoms with Crippen molar-refractivity contribution >= 4 is 0 Å². The van der Waals surface area contributed by atoms with E-state index in [1.54, 1.807) is 12.1 Å². The molecular formula is C23H26F3N. The molecule has 27 heavy (non-hydrogen) atoms. The highest BCUT2D eigenvalue weighted by atomic mass is 19.2. The van der Waals surface area contributed by atoms with Gasteiger partial charge in [-0.1, -0.05) is 18.2 Å². The Bertz CT molecular complexity index is 730. The van der Waals surface area contributed by atoms with Crippen molar-refractivity contribution in [3.8, 4) is 6.07 Å². The lowest BCUT2D eigenvalue weighted by Gasteiger charge is -2.37. The van der Waals surface area contributed by atoms with E-state index in [0.29, 0.717) is 11.8 Å². The van der Waals surface area contributed by atoms with Crippen LogP contribution in [0.3, 0.4) is 0 Å². The van der Waals surface area contributed by atoms with Crippen molar-refractivity contribution in [1.29, 1.82) is 5.26 Å². The number of nitrogens with zero attached hydrogens (tertiary/aromatic N) is 1. The van der Waals surface area contributed by atoms with E-state index in [4.69, 9.17) is 5.26 Å². The fourth-order valence-corrected chi connectivity index (χ4v) is 4.83. The number of rotatable bonds is 4. The maximum Gasteiger partial charge on any atom is 0.199 e. The molecule has 0 heterocycles. The van der Waals surface area contributed by atoms with Gasteiger partial charge in [0.05, 0.1) is 0 Å². The second-order valence-electron chi connectivity index (χ2n) is 7.97. The summed E-state index contributed by atoms with van der Waals surface area (Å²) in [5.74, 6) is 0.0200. The Kier molecular flexibility index (Phi) is 6.77. The molecule has 144 valence electrons. The van der Waals surface area contributed by atoms with Gasteiger partial charge in [0.2, 0.25) is 0 Å². The number of hydrogen-bond acceptors (Lipinski definition) is 1. The topological polar surface area (TPSA) is 23.8 Å². The zero-order chi connectivity index (χ0) is 19.2. The third-order valence-electron chi connectivity index (χ3n) is 6.40. The minimum atomic E-state index is -0.774. The largest absolute Gasteiger partial charge is 0.204 e. The summed E-state index contributed by atoms with van der Waals surface area (Å²) in [6.07, 6.45) is 13.9. The standard InChI is InChI=1S/C23H26F3N/c24-21(15-27)3-1-2-16-4-6-17(7-5-16)18-8-10-19(11-9-18)20-12-13-22(25)23(26)14-20/h1-3,12-14,16-19H,4-11H2/b2-1+,21-3-. The second-order valence-corrected chi connectivity index (χ2v) is 7.97. The van der Waals surface area contributed by atoms with Crippen LogP contribution in [-0.2, 0) is 0 Å². The summed E-state index contributed by atoms with van der Waals surface area (Å²) >= 11 is 0. The van der Waals surface area contributed by atoms with Crippen LogP contribution in [0.15, 0.2) is 42.3 Å². The number of nitriles is 1. The molecule has 0 spiro atoms. The molecule has 2 saturated carbocycles. The zero-order valence-corrected chi connectivity index (χ0v) is 15.5. The van der Waals surface area contributed by atoms with Crippen LogP contribution in [-0.4, -0.2) is 0 Å². The van der Waals surface area contributed by atoms with Crippen molar-refractivity contribution in [1.82, 2.24) is 0 Å². The molecule has 0 amide bonds. The predicted octanol–water partition coefficient (Wildman–Crippen LogP) is 6.98. The molecule has 0 unspecified atom stereocenters. The minimum absolute atomic E-state index is 0.345. The molecule has 1 aromatic rings. The number of hydrogen-bond donors (Lipinski definition) is 0. The van der Waals surface area contributed by atoms with Crippen LogP contribution in [0.2, 0.25) is 0 Å². The molecule has 0 radical (unpaired) electrons. The molecule has 2 fully saturated rings. The van der Waals surface area contributed by atoms with Crippen LogP contribution in [0.1, 0.15) is 62.8 Å². The predicted molar refractivity (Wildman–Crippen MR) is 100 cm³/mol. The van der Waals surface area contributed by atoms with Crippen LogP contribution in [0, 0.1) is 40.7 Å². The van der Waals surface area contributed by atoms with E-state index in [2.05, 4.69) is 0 Å². The van der Waals surface area contributed by atoms with E-state index >= 15 is 0 Å². The average molecular weight is 373 g/mol. The number of halogens is 3. The lowest BCUT2D eigenvalue weighted by Crippen LogP contribution is -2.25. The Morgan fingerprint density at radius 2 is 1.56 bits per heavy atom. The van der Waals surface area contributed by atoms with Crippen molar-refractivity contribution in [2.45, 2.75) is 57.3 Å². The molecule has 2 aliphatic rings. The quantitative estimate of drug-likeness (QED) is 0.413. The molecule has 1 aromatic carbocycles. The van der Waals surface area contributed by atoms with Gasteiger partial charge in [-0.2, -0.15) is 9.65 Å². The third-order valence-corrected chi connectivity index (χ3v) is 6.40. The highest BCUT2D eigenvalue weighted by molar-refractivity contribution is 5.22. The lowest BCUT2D eigenvalue weighted by atomic mass is 9.68. The summed E-state index contributed by atoms with van der Waals surface area (Å²) in [6, 6.07) is 5.81. The van der Waals surface area contributed by atoms with Gasteiger partial charge in [-0.3, -0.25) is 0 Å². The first-order valence-corrected chi connectivity index (χ1v) is 9.96. The van der Waals surface area contributed by atoms with E-state index < -0.39 is 17.5 Å². The molecule has 3 rings (SSSR count). The average Bonchev–Trinajstić information content (AvgIpc) is 2.70. The van der Waals surface area contributed by atoms with Crippen LogP contribution < -0.4 is 0 Å². The summed E-state index contributed by atoms with van der Waals surface area (Å²) < 4.78 is 39.4. The summed E-state index contributed by atoms with van der Waals surface area (Å²) in [5.41, 5.74) is 0.929. The first kappa shape index (κ1) is 19.7. The van der Waals surface area contributed by atoms with Crippen molar-refractivity contribution in [3.63, 3.8) is 0 Å². The minimum Gasteiger partial charge on any atom is -0.204 e. The van der Waals surface area contributed by atoms with E-state index in [9.17, 15) is 13.2 Å². The molecule has 0 bridgehead atoms. The number of benzene rings is 1. The molecular weight excluding hydrogens is 347 g/mol. The first-order valence-electron chi connectivity index (χ1n) is 9.96. The maximum absolute atomic E-state index is 13.5. The Balaban J connectivity index is 1.46. The van der Waals surface area contributed by atoms with E-state index in [1.807, 2.05) is 6.08 Å². The first-order chi connectivity index (χ1) is 13.1. The fraction of sp³-hybridized carbons (Fsp3) is 0.522. The van der Waals surface area contributed by atoms with Crippen molar-refractivity contribution in [2.24, 2.45) is 17.8 Å². The van der Waals surface area contributed by atoms with Gasteiger partial charge in [-0.25, -0.2) is 8.78 Å². The molecule has 0 aromatic heterocycles. The van der Waals surface area contributed by atoms with Crippen LogP contribution in [0.25, 0.3) is 0 Å². The Hall–Kier alpha value is -2.02. The van der Waals surface area contributed by atoms with Gasteiger partial charge >= 0.3 is 0 Å². The highest BCUT2D eigenvalue weighted by Crippen LogP contribution is 2.44. The van der Waals surface area contributed by atoms with Crippen molar-refractivity contribution in [3.05, 3.63) is 59.5 Å². The number of allylic oxidation sites excluding steroid dienone is 4. The van der Waals surface area contributed by atoms with E-state index in [0.717, 1.165) is 55.9 Å². The SMILES string of the molecule is N#C/C(F)=C/C=C/C1CCC(C2CCC(c3ccc(F)c(F)c3)CC2)CC1. The van der Waals surface area contributed by atoms with Crippen LogP contribution in [0.4, 0.5) is 13.2 Å². The van der Waals surface area contributed by atoms with E-state index in [1.165, 1.54) is 37.1 Å². The van der Waals surface area contributed by atoms with Gasteiger partial charge in [0.15, 0.2) is 17.5 Å². The normalized spacial score (nSPS) is 29.6. The Morgan fingerprint density at radius 1 is 0.926 bits per heavy atom. The molecule has 0 N–H and O–H groups in total. The summed E-state index contributed by atoms with van der Waals surface area (Å²) in [5, 5.41) is 8.41. The third kappa shape index (κ3) is 5.25. The molecule has 2 aliphatic carbocycles. The lowest BCUT2D eigenvalue weighted by molar-refractivity contribution is 0.171. The van der Waals surface area contributed by atoms with Crippen molar-refractivity contribution in [2.75, 3.05) is 0 Å². The monoisotopic (exact) mass is 373 g/mol. The van der Waals surface area contributed by atoms with Gasteiger partial charge in [-0.15, -0.1) is 0 Å². The molecule has 4 heteroatoms. The van der Waals surface area contributed by atoms with Gasteiger partial charge in [0.1, 0.15) is 6.07 Å². The fourth-order valence-electron chi connectivity index (χ4n) is 4.83. The second kappa shape index (κ2) is 9.26. The summed E-state index contributed by atoms with van der Waals surface area (Å²) in [4.78, 5) is 0. The Labute approximate surface area is 159 Å². The molecule has 0 atom stereocenters. The van der Waals surface area contributed by atoms with E-state index in [-0.39, 0.29) is 0 Å². The van der Waals surface area contributed by atoms with Crippen LogP contribution in [0.5, 0.6) is 0 Å². The zero-order valence-electron chi connectivity index (χ0n) is 15.5. The molecule has 0 saturated heterocycles. The van der Waals surface area contributed by atoms with Gasteiger partial charge in [-0.05, 0) is 98.8 Å². The van der Waals surface area contributed by atoms with Gasteiger partial charge in [0.25, 0.3) is 0 Å². The molecule has 1 nitrogen and oxygen atoms in total. The van der Waals surface area contributed by atoms with Crippen LogP contribution >= 0.6 is 0 Å². The van der Waals surface area contributed by atoms with Gasteiger partial charge < -0.3 is 0 Å². The Morgan fingerprint density at radius 3 is 2.15 bits per heavy atom. The maximum atomic E-state index is 13.5. The smallest absolute Gasteiger partial charge is 0.199 e. The van der Waals surface area contributed by atoms with Crippen molar-refractivity contribution < 1.29 is 13.2 Å². The summed E-state index contributed by atoms with van der Waals surface area (Å²) in [7, 11) is 0. The van der Waals surface area contributed by atoms with Gasteiger partial charge in [0, 0.05) is 0 Å². The highest BCUT2D eigenvalue weighted by Gasteiger charge is 2.30. The summed E-state index contributed by atoms with van der Waals surface area (Å²) in [6.45, 7) is 0. The molecule has 0 aliphatic heterocycles.